The van der Waals surface area contributed by atoms with E-state index in [1.165, 1.54) is 0 Å². The molecule has 21 heavy (non-hydrogen) atoms. The van der Waals surface area contributed by atoms with Gasteiger partial charge in [0.1, 0.15) is 5.69 Å². The average Bonchev–Trinajstić information content (AvgIpc) is 2.47. The molecule has 0 spiro atoms. The molecular weight excluding hydrogens is 274 g/mol. The van der Waals surface area contributed by atoms with Crippen LogP contribution in [0.5, 0.6) is 5.75 Å². The van der Waals surface area contributed by atoms with Crippen LogP contribution in [0, 0.1) is 10.1 Å². The van der Waals surface area contributed by atoms with E-state index in [0.717, 1.165) is 0 Å². The lowest BCUT2D eigenvalue weighted by atomic mass is 10.1. The van der Waals surface area contributed by atoms with Gasteiger partial charge in [-0.25, -0.2) is 0 Å². The van der Waals surface area contributed by atoms with Crippen molar-refractivity contribution in [3.63, 3.8) is 0 Å². The van der Waals surface area contributed by atoms with Crippen LogP contribution in [-0.2, 0) is 4.74 Å². The standard InChI is InChI=1S/C14H21N3O4/c1-3-20-12-6-4-5-11(14(12)17(18)19)16-7-8-21-13(9-16)10(2)15/h4-6,10,13H,3,7-9,15H2,1-2H3. The van der Waals surface area contributed by atoms with E-state index in [4.69, 9.17) is 15.2 Å². The molecule has 2 rings (SSSR count). The van der Waals surface area contributed by atoms with Crippen molar-refractivity contribution in [1.82, 2.24) is 0 Å². The van der Waals surface area contributed by atoms with Gasteiger partial charge >= 0.3 is 5.69 Å². The third-order valence-electron chi connectivity index (χ3n) is 3.48. The Bertz CT molecular complexity index is 507. The maximum atomic E-state index is 11.4. The first-order valence-corrected chi connectivity index (χ1v) is 7.07. The lowest BCUT2D eigenvalue weighted by Crippen LogP contribution is -2.49. The van der Waals surface area contributed by atoms with E-state index in [9.17, 15) is 10.1 Å². The van der Waals surface area contributed by atoms with Crippen LogP contribution in [0.1, 0.15) is 13.8 Å². The second-order valence-electron chi connectivity index (χ2n) is 5.03. The zero-order chi connectivity index (χ0) is 15.4. The van der Waals surface area contributed by atoms with Gasteiger partial charge in [0.25, 0.3) is 0 Å². The first-order chi connectivity index (χ1) is 10.0. The summed E-state index contributed by atoms with van der Waals surface area (Å²) < 4.78 is 11.0. The van der Waals surface area contributed by atoms with Gasteiger partial charge in [0.15, 0.2) is 5.75 Å². The highest BCUT2D eigenvalue weighted by molar-refractivity contribution is 5.70. The second kappa shape index (κ2) is 6.73. The number of morpholine rings is 1. The first kappa shape index (κ1) is 15.5. The average molecular weight is 295 g/mol. The molecule has 0 bridgehead atoms. The minimum atomic E-state index is -0.392. The fraction of sp³-hybridized carbons (Fsp3) is 0.571. The Morgan fingerprint density at radius 3 is 3.00 bits per heavy atom. The van der Waals surface area contributed by atoms with E-state index in [1.54, 1.807) is 25.1 Å². The molecule has 116 valence electrons. The molecule has 0 aliphatic carbocycles. The van der Waals surface area contributed by atoms with Crippen molar-refractivity contribution in [2.45, 2.75) is 26.0 Å². The highest BCUT2D eigenvalue weighted by atomic mass is 16.6. The summed E-state index contributed by atoms with van der Waals surface area (Å²) in [6, 6.07) is 5.00. The van der Waals surface area contributed by atoms with Gasteiger partial charge in [-0.05, 0) is 26.0 Å². The third kappa shape index (κ3) is 3.43. The Balaban J connectivity index is 2.34. The van der Waals surface area contributed by atoms with Gasteiger partial charge in [0, 0.05) is 19.1 Å². The van der Waals surface area contributed by atoms with E-state index < -0.39 is 4.92 Å². The van der Waals surface area contributed by atoms with Crippen molar-refractivity contribution in [1.29, 1.82) is 0 Å². The molecule has 1 saturated heterocycles. The molecule has 7 nitrogen and oxygen atoms in total. The fourth-order valence-electron chi connectivity index (χ4n) is 2.43. The summed E-state index contributed by atoms with van der Waals surface area (Å²) in [5.74, 6) is 0.295. The van der Waals surface area contributed by atoms with Gasteiger partial charge in [-0.3, -0.25) is 10.1 Å². The van der Waals surface area contributed by atoms with Crippen molar-refractivity contribution in [2.24, 2.45) is 5.73 Å². The van der Waals surface area contributed by atoms with E-state index in [1.807, 2.05) is 11.8 Å². The molecule has 1 aliphatic heterocycles. The van der Waals surface area contributed by atoms with E-state index in [0.29, 0.717) is 37.7 Å². The summed E-state index contributed by atoms with van der Waals surface area (Å²) in [7, 11) is 0. The van der Waals surface area contributed by atoms with E-state index in [2.05, 4.69) is 0 Å². The number of nitro benzene ring substituents is 1. The summed E-state index contributed by atoms with van der Waals surface area (Å²) in [5, 5.41) is 11.4. The Morgan fingerprint density at radius 2 is 2.38 bits per heavy atom. The van der Waals surface area contributed by atoms with Crippen molar-refractivity contribution >= 4 is 11.4 Å². The Morgan fingerprint density at radius 1 is 1.62 bits per heavy atom. The Labute approximate surface area is 123 Å². The highest BCUT2D eigenvalue weighted by Gasteiger charge is 2.30. The number of benzene rings is 1. The number of ether oxygens (including phenoxy) is 2. The van der Waals surface area contributed by atoms with Crippen LogP contribution in [-0.4, -0.2) is 43.4 Å². The molecule has 2 atom stereocenters. The molecule has 7 heteroatoms. The second-order valence-corrected chi connectivity index (χ2v) is 5.03. The summed E-state index contributed by atoms with van der Waals surface area (Å²) >= 11 is 0. The first-order valence-electron chi connectivity index (χ1n) is 7.07. The molecule has 2 unspecified atom stereocenters. The minimum Gasteiger partial charge on any atom is -0.487 e. The summed E-state index contributed by atoms with van der Waals surface area (Å²) in [6.07, 6.45) is -0.130. The number of hydrogen-bond acceptors (Lipinski definition) is 6. The van der Waals surface area contributed by atoms with Crippen LogP contribution in [0.15, 0.2) is 18.2 Å². The summed E-state index contributed by atoms with van der Waals surface area (Å²) in [4.78, 5) is 13.0. The molecule has 0 aromatic heterocycles. The monoisotopic (exact) mass is 295 g/mol. The number of para-hydroxylation sites is 1. The van der Waals surface area contributed by atoms with Gasteiger partial charge in [0.05, 0.1) is 24.2 Å². The van der Waals surface area contributed by atoms with E-state index >= 15 is 0 Å². The molecule has 1 aromatic carbocycles. The summed E-state index contributed by atoms with van der Waals surface area (Å²) in [5.41, 5.74) is 6.43. The quantitative estimate of drug-likeness (QED) is 0.654. The zero-order valence-electron chi connectivity index (χ0n) is 12.3. The lowest BCUT2D eigenvalue weighted by Gasteiger charge is -2.35. The number of hydrogen-bond donors (Lipinski definition) is 1. The Hall–Kier alpha value is -1.86. The smallest absolute Gasteiger partial charge is 0.333 e. The van der Waals surface area contributed by atoms with Gasteiger partial charge < -0.3 is 20.1 Å². The normalized spacial score (nSPS) is 20.1. The van der Waals surface area contributed by atoms with Gasteiger partial charge in [-0.2, -0.15) is 0 Å². The number of nitro groups is 1. The summed E-state index contributed by atoms with van der Waals surface area (Å²) in [6.45, 7) is 5.70. The third-order valence-corrected chi connectivity index (χ3v) is 3.48. The highest BCUT2D eigenvalue weighted by Crippen LogP contribution is 2.37. The predicted octanol–water partition coefficient (Wildman–Crippen LogP) is 1.55. The zero-order valence-corrected chi connectivity index (χ0v) is 12.3. The van der Waals surface area contributed by atoms with Crippen LogP contribution in [0.2, 0.25) is 0 Å². The van der Waals surface area contributed by atoms with Gasteiger partial charge in [0.2, 0.25) is 0 Å². The minimum absolute atomic E-state index is 0.00433. The number of rotatable bonds is 5. The van der Waals surface area contributed by atoms with Crippen molar-refractivity contribution < 1.29 is 14.4 Å². The largest absolute Gasteiger partial charge is 0.487 e. The van der Waals surface area contributed by atoms with Crippen LogP contribution in [0.25, 0.3) is 0 Å². The molecule has 1 aliphatic rings. The van der Waals surface area contributed by atoms with Crippen molar-refractivity contribution in [3.05, 3.63) is 28.3 Å². The molecule has 1 aromatic rings. The van der Waals surface area contributed by atoms with Crippen LogP contribution >= 0.6 is 0 Å². The molecule has 1 fully saturated rings. The van der Waals surface area contributed by atoms with Crippen LogP contribution in [0.3, 0.4) is 0 Å². The topological polar surface area (TPSA) is 90.9 Å². The van der Waals surface area contributed by atoms with Crippen LogP contribution in [0.4, 0.5) is 11.4 Å². The van der Waals surface area contributed by atoms with Crippen molar-refractivity contribution in [2.75, 3.05) is 31.2 Å². The predicted molar refractivity (Wildman–Crippen MR) is 79.9 cm³/mol. The number of nitrogens with zero attached hydrogens (tertiary/aromatic N) is 2. The van der Waals surface area contributed by atoms with E-state index in [-0.39, 0.29) is 17.8 Å². The molecule has 0 amide bonds. The molecule has 2 N–H and O–H groups in total. The Kier molecular flexibility index (Phi) is 4.98. The van der Waals surface area contributed by atoms with Crippen LogP contribution < -0.4 is 15.4 Å². The van der Waals surface area contributed by atoms with Crippen molar-refractivity contribution in [3.8, 4) is 5.75 Å². The molecule has 0 saturated carbocycles. The number of anilines is 1. The molecular formula is C14H21N3O4. The van der Waals surface area contributed by atoms with Gasteiger partial charge in [-0.15, -0.1) is 0 Å². The number of nitrogens with two attached hydrogens (primary N) is 1. The molecule has 1 heterocycles. The maximum Gasteiger partial charge on any atom is 0.333 e. The fourth-order valence-corrected chi connectivity index (χ4v) is 2.43. The molecule has 0 radical (unpaired) electrons. The van der Waals surface area contributed by atoms with Gasteiger partial charge in [-0.1, -0.05) is 6.07 Å². The lowest BCUT2D eigenvalue weighted by molar-refractivity contribution is -0.385. The maximum absolute atomic E-state index is 11.4. The SMILES string of the molecule is CCOc1cccc(N2CCOC(C(C)N)C2)c1[N+](=O)[O-].